The number of hydrogen-bond donors (Lipinski definition) is 3. The highest BCUT2D eigenvalue weighted by molar-refractivity contribution is 6.41. The Kier molecular flexibility index (Phi) is 10.5. The number of rotatable bonds is 13. The van der Waals surface area contributed by atoms with Crippen LogP contribution in [0.25, 0.3) is 0 Å². The molecule has 1 fully saturated rings. The molecular formula is C31H45B2FN4O5. The van der Waals surface area contributed by atoms with E-state index in [4.69, 9.17) is 4.74 Å². The molecule has 1 aliphatic heterocycles. The molecule has 2 amide bonds. The highest BCUT2D eigenvalue weighted by Gasteiger charge is 2.48. The van der Waals surface area contributed by atoms with Gasteiger partial charge in [-0.25, -0.2) is 4.39 Å². The highest BCUT2D eigenvalue weighted by atomic mass is 19.1. The number of anilines is 1. The Bertz CT molecular complexity index is 1320. The number of aliphatic hydroxyl groups is 1. The quantitative estimate of drug-likeness (QED) is 0.183. The first kappa shape index (κ1) is 34.3. The van der Waals surface area contributed by atoms with E-state index in [9.17, 15) is 19.5 Å². The molecule has 1 unspecified atom stereocenters. The molecule has 3 N–H and O–H groups in total. The number of nitrogens with zero attached hydrogens (tertiary/aromatic N) is 2. The molecule has 0 saturated carbocycles. The van der Waals surface area contributed by atoms with E-state index in [-0.39, 0.29) is 36.4 Å². The lowest BCUT2D eigenvalue weighted by Crippen LogP contribution is -2.65. The van der Waals surface area contributed by atoms with Crippen molar-refractivity contribution in [2.45, 2.75) is 82.8 Å². The molecule has 1 heterocycles. The average Bonchev–Trinajstić information content (AvgIpc) is 2.89. The summed E-state index contributed by atoms with van der Waals surface area (Å²) in [6.07, 6.45) is 0.613. The Labute approximate surface area is 256 Å². The van der Waals surface area contributed by atoms with Crippen LogP contribution in [0, 0.1) is 12.7 Å². The van der Waals surface area contributed by atoms with Crippen molar-refractivity contribution in [3.05, 3.63) is 64.5 Å². The van der Waals surface area contributed by atoms with E-state index in [1.54, 1.807) is 27.8 Å². The smallest absolute Gasteiger partial charge is 0.273 e. The third kappa shape index (κ3) is 7.85. The Morgan fingerprint density at radius 3 is 2.37 bits per heavy atom. The molecule has 232 valence electrons. The number of amides is 2. The fourth-order valence-electron chi connectivity index (χ4n) is 6.57. The minimum Gasteiger partial charge on any atom is -0.381 e. The largest absolute Gasteiger partial charge is 0.381 e. The molecule has 0 aromatic heterocycles. The monoisotopic (exact) mass is 594 g/mol. The van der Waals surface area contributed by atoms with E-state index in [0.717, 1.165) is 29.1 Å². The lowest BCUT2D eigenvalue weighted by molar-refractivity contribution is -0.182. The van der Waals surface area contributed by atoms with Gasteiger partial charge in [-0.2, -0.15) is 0 Å². The second-order valence-corrected chi connectivity index (χ2v) is 13.2. The fourth-order valence-corrected chi connectivity index (χ4v) is 6.57. The number of hydrogen-bond acceptors (Lipinski definition) is 7. The lowest BCUT2D eigenvalue weighted by atomic mass is 9.55. The second kappa shape index (κ2) is 13.2. The molecule has 2 aromatic rings. The summed E-state index contributed by atoms with van der Waals surface area (Å²) in [5, 5.41) is 15.9. The molecule has 0 bridgehead atoms. The van der Waals surface area contributed by atoms with Crippen molar-refractivity contribution in [2.75, 3.05) is 25.5 Å². The predicted molar refractivity (Wildman–Crippen MR) is 170 cm³/mol. The predicted octanol–water partition coefficient (Wildman–Crippen LogP) is 1.38. The normalized spacial score (nSPS) is 17.9. The maximum Gasteiger partial charge on any atom is 0.273 e. The van der Waals surface area contributed by atoms with E-state index in [0.29, 0.717) is 36.1 Å². The summed E-state index contributed by atoms with van der Waals surface area (Å²) in [4.78, 5) is 39.7. The van der Waals surface area contributed by atoms with Gasteiger partial charge < -0.3 is 30.2 Å². The molecule has 2 aromatic carbocycles. The molecule has 43 heavy (non-hydrogen) atoms. The number of morpholine rings is 1. The molecule has 9 nitrogen and oxygen atoms in total. The molecule has 1 saturated heterocycles. The van der Waals surface area contributed by atoms with Gasteiger partial charge >= 0.3 is 0 Å². The van der Waals surface area contributed by atoms with Gasteiger partial charge in [0.05, 0.1) is 11.2 Å². The van der Waals surface area contributed by atoms with Gasteiger partial charge in [0.15, 0.2) is 0 Å². The van der Waals surface area contributed by atoms with Crippen LogP contribution in [0.15, 0.2) is 36.4 Å². The first-order valence-corrected chi connectivity index (χ1v) is 14.7. The third-order valence-electron chi connectivity index (χ3n) is 7.95. The third-order valence-corrected chi connectivity index (χ3v) is 7.95. The van der Waals surface area contributed by atoms with Gasteiger partial charge in [0.25, 0.3) is 5.91 Å². The zero-order chi connectivity index (χ0) is 32.2. The van der Waals surface area contributed by atoms with Crippen LogP contribution in [0.1, 0.15) is 62.8 Å². The summed E-state index contributed by atoms with van der Waals surface area (Å²) in [5.74, 6) is -1.13. The molecule has 3 rings (SSSR count). The summed E-state index contributed by atoms with van der Waals surface area (Å²) in [6, 6.07) is 10.8. The Balaban J connectivity index is 1.86. The number of aldehydes is 1. The van der Waals surface area contributed by atoms with Crippen LogP contribution in [0.3, 0.4) is 0 Å². The van der Waals surface area contributed by atoms with Crippen LogP contribution in [-0.2, 0) is 37.5 Å². The van der Waals surface area contributed by atoms with E-state index in [2.05, 4.69) is 43.2 Å². The van der Waals surface area contributed by atoms with Crippen molar-refractivity contribution in [3.63, 3.8) is 0 Å². The molecule has 1 atom stereocenters. The lowest BCUT2D eigenvalue weighted by Gasteiger charge is -2.47. The summed E-state index contributed by atoms with van der Waals surface area (Å²) < 4.78 is 21.5. The van der Waals surface area contributed by atoms with Crippen LogP contribution >= 0.6 is 0 Å². The minimum atomic E-state index is -2.27. The van der Waals surface area contributed by atoms with Gasteiger partial charge in [-0.05, 0) is 63.4 Å². The molecule has 12 heteroatoms. The number of carbonyl (C=O) groups excluding carboxylic acids is 3. The SMILES string of the molecule is BC(B)(c1c(C)cccc1NCc1ccc(CN2CC(C)(C)OC(C)(C)C2)cc1F)N(C=O)C(O)(CCC=O)C(=O)NC. The number of aryl methyl sites for hydroxylation is 1. The maximum atomic E-state index is 15.4. The van der Waals surface area contributed by atoms with Crippen molar-refractivity contribution < 1.29 is 28.6 Å². The van der Waals surface area contributed by atoms with E-state index in [1.165, 1.54) is 7.05 Å². The van der Waals surface area contributed by atoms with E-state index >= 15 is 4.39 Å². The number of nitrogens with one attached hydrogen (secondary N) is 2. The van der Waals surface area contributed by atoms with Crippen LogP contribution in [0.5, 0.6) is 0 Å². The van der Waals surface area contributed by atoms with Gasteiger partial charge in [-0.3, -0.25) is 14.5 Å². The van der Waals surface area contributed by atoms with Gasteiger partial charge in [0, 0.05) is 62.7 Å². The number of ether oxygens (including phenoxy) is 1. The average molecular weight is 594 g/mol. The number of likely N-dealkylation sites (N-methyl/N-ethyl adjacent to an activating group) is 1. The highest BCUT2D eigenvalue weighted by Crippen LogP contribution is 2.36. The Morgan fingerprint density at radius 2 is 1.81 bits per heavy atom. The zero-order valence-electron chi connectivity index (χ0n) is 26.7. The van der Waals surface area contributed by atoms with Crippen LogP contribution in [0.4, 0.5) is 10.1 Å². The fraction of sp³-hybridized carbons (Fsp3) is 0.516. The Hall–Kier alpha value is -3.21. The van der Waals surface area contributed by atoms with Crippen LogP contribution in [-0.4, -0.2) is 86.3 Å². The van der Waals surface area contributed by atoms with Crippen molar-refractivity contribution in [3.8, 4) is 0 Å². The van der Waals surface area contributed by atoms with Gasteiger partial charge in [0.2, 0.25) is 12.1 Å². The van der Waals surface area contributed by atoms with Gasteiger partial charge in [0.1, 0.15) is 27.8 Å². The zero-order valence-corrected chi connectivity index (χ0v) is 26.7. The summed E-state index contributed by atoms with van der Waals surface area (Å²) in [6.45, 7) is 12.4. The molecule has 0 radical (unpaired) electrons. The maximum absolute atomic E-state index is 15.4. The first-order valence-electron chi connectivity index (χ1n) is 14.7. The molecule has 0 aliphatic carbocycles. The van der Waals surface area contributed by atoms with Crippen LogP contribution in [0.2, 0.25) is 0 Å². The first-order chi connectivity index (χ1) is 20.0. The Morgan fingerprint density at radius 1 is 1.16 bits per heavy atom. The number of halogens is 1. The van der Waals surface area contributed by atoms with E-state index < -0.39 is 17.0 Å². The van der Waals surface area contributed by atoms with Gasteiger partial charge in [-0.1, -0.05) is 24.3 Å². The van der Waals surface area contributed by atoms with E-state index in [1.807, 2.05) is 31.2 Å². The van der Waals surface area contributed by atoms with Crippen molar-refractivity contribution in [1.29, 1.82) is 0 Å². The molecule has 0 spiro atoms. The van der Waals surface area contributed by atoms with Crippen molar-refractivity contribution >= 4 is 40.0 Å². The van der Waals surface area contributed by atoms with Crippen molar-refractivity contribution in [1.82, 2.24) is 15.1 Å². The van der Waals surface area contributed by atoms with Gasteiger partial charge in [-0.15, -0.1) is 0 Å². The van der Waals surface area contributed by atoms with Crippen LogP contribution < -0.4 is 10.6 Å². The molecule has 1 aliphatic rings. The topological polar surface area (TPSA) is 111 Å². The summed E-state index contributed by atoms with van der Waals surface area (Å²) in [7, 11) is 4.79. The molecular weight excluding hydrogens is 549 g/mol. The van der Waals surface area contributed by atoms with Crippen molar-refractivity contribution in [2.24, 2.45) is 0 Å². The number of carbonyl (C=O) groups is 3. The summed E-state index contributed by atoms with van der Waals surface area (Å²) >= 11 is 0. The minimum absolute atomic E-state index is 0.125. The number of benzene rings is 2. The summed E-state index contributed by atoms with van der Waals surface area (Å²) in [5.41, 5.74) is 0.532. The standard InChI is InChI=1S/C31H45B2FN4O5/c1-21-9-7-10-25(26(21)31(32,33)38(20-40)30(42,13-8-14-39)27(41)35-6)36-16-23-12-11-22(15-24(23)34)17-37-18-28(2,3)43-29(4,5)19-37/h7,9-12,14-15,20,36,42H,8,13,16-19,32-33H2,1-6H3,(H,35,41). The second-order valence-electron chi connectivity index (χ2n) is 13.2.